The van der Waals surface area contributed by atoms with Crippen molar-refractivity contribution in [2.45, 2.75) is 64.4 Å². The lowest BCUT2D eigenvalue weighted by Gasteiger charge is -2.20. The molecule has 0 fully saturated rings. The molecule has 8 heteroatoms. The molecule has 6 nitrogen and oxygen atoms in total. The van der Waals surface area contributed by atoms with Crippen molar-refractivity contribution in [3.8, 4) is 5.75 Å². The number of halogens is 1. The molecule has 0 bridgehead atoms. The van der Waals surface area contributed by atoms with Crippen molar-refractivity contribution in [3.63, 3.8) is 0 Å². The summed E-state index contributed by atoms with van der Waals surface area (Å²) in [6, 6.07) is 15.6. The van der Waals surface area contributed by atoms with Gasteiger partial charge in [0.2, 0.25) is 5.91 Å². The van der Waals surface area contributed by atoms with Crippen molar-refractivity contribution in [2.24, 2.45) is 0 Å². The number of hydrogen-bond acceptors (Lipinski definition) is 5. The lowest BCUT2D eigenvalue weighted by molar-refractivity contribution is -0.118. The molecule has 176 valence electrons. The Balaban J connectivity index is 1.57. The molecule has 0 aliphatic carbocycles. The van der Waals surface area contributed by atoms with Crippen LogP contribution in [-0.2, 0) is 23.3 Å². The molecule has 1 atom stereocenters. The number of ether oxygens (including phenoxy) is 1. The van der Waals surface area contributed by atoms with Crippen LogP contribution < -0.4 is 10.1 Å². The number of nitrogens with one attached hydrogen (secondary N) is 1. The number of hydrogen-bond donors (Lipinski definition) is 1. The largest absolute Gasteiger partial charge is 0.483 e. The first-order chi connectivity index (χ1) is 15.7. The average Bonchev–Trinajstić information content (AvgIpc) is 3.20. The maximum atomic E-state index is 12.3. The third-order valence-electron chi connectivity index (χ3n) is 5.19. The van der Waals surface area contributed by atoms with Crippen LogP contribution in [0.3, 0.4) is 0 Å². The van der Waals surface area contributed by atoms with Crippen molar-refractivity contribution in [1.82, 2.24) is 20.1 Å². The average molecular weight is 487 g/mol. The number of carbonyl (C=O) groups is 1. The van der Waals surface area contributed by atoms with E-state index in [1.54, 1.807) is 0 Å². The van der Waals surface area contributed by atoms with E-state index in [0.29, 0.717) is 23.3 Å². The highest BCUT2D eigenvalue weighted by Gasteiger charge is 2.20. The van der Waals surface area contributed by atoms with E-state index in [2.05, 4.69) is 48.4 Å². The summed E-state index contributed by atoms with van der Waals surface area (Å²) >= 11 is 7.26. The van der Waals surface area contributed by atoms with Gasteiger partial charge in [0.05, 0.1) is 5.75 Å². The van der Waals surface area contributed by atoms with E-state index in [1.807, 2.05) is 54.8 Å². The second kappa shape index (κ2) is 11.1. The van der Waals surface area contributed by atoms with Crippen molar-refractivity contribution >= 4 is 29.3 Å². The third-order valence-corrected chi connectivity index (χ3v) is 6.41. The minimum absolute atomic E-state index is 0.0645. The van der Waals surface area contributed by atoms with E-state index < -0.39 is 0 Å². The topological polar surface area (TPSA) is 69.0 Å². The minimum Gasteiger partial charge on any atom is -0.483 e. The summed E-state index contributed by atoms with van der Waals surface area (Å²) in [7, 11) is 0. The highest BCUT2D eigenvalue weighted by Crippen LogP contribution is 2.28. The molecule has 1 amide bonds. The zero-order chi connectivity index (χ0) is 24.0. The first-order valence-corrected chi connectivity index (χ1v) is 12.4. The Hall–Kier alpha value is -2.51. The van der Waals surface area contributed by atoms with Gasteiger partial charge in [0, 0.05) is 18.1 Å². The molecular weight excluding hydrogens is 456 g/mol. The molecule has 0 spiro atoms. The Labute approximate surface area is 205 Å². The van der Waals surface area contributed by atoms with Gasteiger partial charge >= 0.3 is 0 Å². The third kappa shape index (κ3) is 6.98. The van der Waals surface area contributed by atoms with E-state index in [1.165, 1.54) is 17.3 Å². The van der Waals surface area contributed by atoms with E-state index in [4.69, 9.17) is 16.3 Å². The fourth-order valence-electron chi connectivity index (χ4n) is 3.28. The monoisotopic (exact) mass is 486 g/mol. The predicted molar refractivity (Wildman–Crippen MR) is 134 cm³/mol. The van der Waals surface area contributed by atoms with Crippen molar-refractivity contribution in [2.75, 3.05) is 5.75 Å². The molecule has 1 heterocycles. The fraction of sp³-hybridized carbons (Fsp3) is 0.400. The van der Waals surface area contributed by atoms with Gasteiger partial charge < -0.3 is 14.6 Å². The molecule has 3 aromatic rings. The summed E-state index contributed by atoms with van der Waals surface area (Å²) in [5.74, 6) is 1.72. The van der Waals surface area contributed by atoms with Crippen LogP contribution in [0.15, 0.2) is 53.7 Å². The number of rotatable bonds is 9. The van der Waals surface area contributed by atoms with Gasteiger partial charge in [-0.25, -0.2) is 0 Å². The second-order valence-electron chi connectivity index (χ2n) is 8.81. The number of nitrogens with zero attached hydrogens (tertiary/aromatic N) is 3. The number of amides is 1. The van der Waals surface area contributed by atoms with Gasteiger partial charge in [-0.1, -0.05) is 68.4 Å². The number of carbonyl (C=O) groups excluding carboxylic acids is 1. The van der Waals surface area contributed by atoms with E-state index >= 15 is 0 Å². The van der Waals surface area contributed by atoms with Gasteiger partial charge in [-0.3, -0.25) is 4.79 Å². The molecule has 0 aliphatic rings. The molecule has 2 aromatic carbocycles. The Kier molecular flexibility index (Phi) is 8.43. The lowest BCUT2D eigenvalue weighted by Crippen LogP contribution is -2.24. The first kappa shape index (κ1) is 25.1. The fourth-order valence-corrected chi connectivity index (χ4v) is 4.24. The van der Waals surface area contributed by atoms with Crippen molar-refractivity contribution in [1.29, 1.82) is 0 Å². The van der Waals surface area contributed by atoms with Gasteiger partial charge in [0.25, 0.3) is 0 Å². The Morgan fingerprint density at radius 3 is 2.39 bits per heavy atom. The molecule has 3 rings (SSSR count). The quantitative estimate of drug-likeness (QED) is 0.387. The predicted octanol–water partition coefficient (Wildman–Crippen LogP) is 5.80. The van der Waals surface area contributed by atoms with E-state index in [-0.39, 0.29) is 23.2 Å². The molecular formula is C25H31ClN4O2S. The van der Waals surface area contributed by atoms with Crippen molar-refractivity contribution < 1.29 is 9.53 Å². The van der Waals surface area contributed by atoms with Crippen molar-refractivity contribution in [3.05, 3.63) is 70.5 Å². The lowest BCUT2D eigenvalue weighted by atomic mass is 9.87. The summed E-state index contributed by atoms with van der Waals surface area (Å²) in [4.78, 5) is 12.3. The maximum absolute atomic E-state index is 12.3. The van der Waals surface area contributed by atoms with Crippen LogP contribution in [0.5, 0.6) is 5.75 Å². The van der Waals surface area contributed by atoms with Crippen LogP contribution in [0.25, 0.3) is 0 Å². The van der Waals surface area contributed by atoms with Gasteiger partial charge in [0.15, 0.2) is 17.1 Å². The van der Waals surface area contributed by atoms with Gasteiger partial charge in [-0.15, -0.1) is 10.2 Å². The van der Waals surface area contributed by atoms with E-state index in [9.17, 15) is 4.79 Å². The first-order valence-electron chi connectivity index (χ1n) is 11.0. The summed E-state index contributed by atoms with van der Waals surface area (Å²) in [6.07, 6.45) is -0.272. The number of benzene rings is 2. The highest BCUT2D eigenvalue weighted by molar-refractivity contribution is 7.99. The van der Waals surface area contributed by atoms with Crippen LogP contribution in [0, 0.1) is 0 Å². The van der Waals surface area contributed by atoms with Crippen LogP contribution in [0.4, 0.5) is 0 Å². The second-order valence-corrected chi connectivity index (χ2v) is 10.2. The van der Waals surface area contributed by atoms with Crippen LogP contribution in [0.1, 0.15) is 57.7 Å². The molecule has 33 heavy (non-hydrogen) atoms. The summed E-state index contributed by atoms with van der Waals surface area (Å²) in [5.41, 5.74) is 2.35. The van der Waals surface area contributed by atoms with Crippen LogP contribution in [0.2, 0.25) is 5.02 Å². The molecule has 1 aromatic heterocycles. The SMILES string of the molecule is CCn1c(SCC(=O)NCc2ccc(Cl)cc2)nnc1C(C)Oc1ccc(C(C)(C)C)cc1. The summed E-state index contributed by atoms with van der Waals surface area (Å²) in [5, 5.41) is 12.9. The molecule has 1 N–H and O–H groups in total. The Morgan fingerprint density at radius 2 is 1.79 bits per heavy atom. The summed E-state index contributed by atoms with van der Waals surface area (Å²) < 4.78 is 8.12. The van der Waals surface area contributed by atoms with E-state index in [0.717, 1.165) is 17.1 Å². The maximum Gasteiger partial charge on any atom is 0.230 e. The minimum atomic E-state index is -0.272. The van der Waals surface area contributed by atoms with Crippen LogP contribution in [-0.4, -0.2) is 26.4 Å². The normalized spacial score (nSPS) is 12.4. The smallest absolute Gasteiger partial charge is 0.230 e. The molecule has 0 radical (unpaired) electrons. The number of thioether (sulfide) groups is 1. The Bertz CT molecular complexity index is 1060. The molecule has 0 saturated heterocycles. The standard InChI is InChI=1S/C25H31ClN4O2S/c1-6-30-23(17(2)32-21-13-9-19(10-14-21)25(3,4)5)28-29-24(30)33-16-22(31)27-15-18-7-11-20(26)12-8-18/h7-14,17H,6,15-16H2,1-5H3,(H,27,31). The molecule has 1 unspecified atom stereocenters. The summed E-state index contributed by atoms with van der Waals surface area (Å²) in [6.45, 7) is 11.7. The molecule has 0 aliphatic heterocycles. The van der Waals surface area contributed by atoms with Gasteiger partial charge in [-0.2, -0.15) is 0 Å². The number of aromatic nitrogens is 3. The molecule has 0 saturated carbocycles. The zero-order valence-corrected chi connectivity index (χ0v) is 21.3. The zero-order valence-electron chi connectivity index (χ0n) is 19.8. The Morgan fingerprint density at radius 1 is 1.12 bits per heavy atom. The van der Waals surface area contributed by atoms with Crippen LogP contribution >= 0.6 is 23.4 Å². The van der Waals surface area contributed by atoms with Gasteiger partial charge in [-0.05, 0) is 54.7 Å². The highest BCUT2D eigenvalue weighted by atomic mass is 35.5. The van der Waals surface area contributed by atoms with Gasteiger partial charge in [0.1, 0.15) is 5.75 Å².